The zero-order valence-electron chi connectivity index (χ0n) is 6.87. The Balaban J connectivity index is 2.45. The van der Waals surface area contributed by atoms with Crippen LogP contribution in [0.3, 0.4) is 0 Å². The van der Waals surface area contributed by atoms with Gasteiger partial charge in [-0.3, -0.25) is 0 Å². The highest BCUT2D eigenvalue weighted by atomic mass is 32.1. The van der Waals surface area contributed by atoms with E-state index in [2.05, 4.69) is 37.3 Å². The summed E-state index contributed by atoms with van der Waals surface area (Å²) in [6.07, 6.45) is 0. The van der Waals surface area contributed by atoms with Crippen LogP contribution in [-0.2, 0) is 0 Å². The second kappa shape index (κ2) is 3.11. The van der Waals surface area contributed by atoms with Crippen LogP contribution in [0, 0.1) is 13.0 Å². The molecule has 2 aromatic rings. The normalized spacial score (nSPS) is 10.1. The second-order valence-corrected chi connectivity index (χ2v) is 3.99. The zero-order valence-corrected chi connectivity index (χ0v) is 7.69. The first kappa shape index (κ1) is 7.56. The van der Waals surface area contributed by atoms with Gasteiger partial charge in [0.25, 0.3) is 0 Å². The molecule has 0 bridgehead atoms. The van der Waals surface area contributed by atoms with Crippen LogP contribution in [-0.4, -0.2) is 0 Å². The smallest absolute Gasteiger partial charge is 0.0345 e. The van der Waals surface area contributed by atoms with Gasteiger partial charge in [-0.15, -0.1) is 11.3 Å². The van der Waals surface area contributed by atoms with Gasteiger partial charge < -0.3 is 0 Å². The largest absolute Gasteiger partial charge is 0.141 e. The van der Waals surface area contributed by atoms with Crippen LogP contribution in [0.4, 0.5) is 0 Å². The van der Waals surface area contributed by atoms with Crippen LogP contribution in [0.5, 0.6) is 0 Å². The van der Waals surface area contributed by atoms with Gasteiger partial charge in [-0.05, 0) is 30.7 Å². The molecule has 1 aromatic heterocycles. The van der Waals surface area contributed by atoms with Gasteiger partial charge in [0, 0.05) is 9.75 Å². The highest BCUT2D eigenvalue weighted by molar-refractivity contribution is 7.15. The van der Waals surface area contributed by atoms with E-state index in [1.165, 1.54) is 15.3 Å². The maximum Gasteiger partial charge on any atom is 0.0345 e. The summed E-state index contributed by atoms with van der Waals surface area (Å²) in [4.78, 5) is 2.69. The minimum atomic E-state index is 1.28. The van der Waals surface area contributed by atoms with Crippen molar-refractivity contribution in [3.63, 3.8) is 0 Å². The summed E-state index contributed by atoms with van der Waals surface area (Å²) in [5, 5.41) is 0. The van der Waals surface area contributed by atoms with Crippen LogP contribution in [0.1, 0.15) is 4.88 Å². The average Bonchev–Trinajstić information content (AvgIpc) is 2.54. The van der Waals surface area contributed by atoms with E-state index < -0.39 is 0 Å². The van der Waals surface area contributed by atoms with Crippen molar-refractivity contribution in [1.82, 2.24) is 0 Å². The first-order chi connectivity index (χ1) is 5.86. The SMILES string of the molecule is Cc1ccc(-c2cc[c]cc2)s1. The average molecular weight is 173 g/mol. The molecule has 1 heteroatoms. The van der Waals surface area contributed by atoms with Crippen LogP contribution < -0.4 is 0 Å². The van der Waals surface area contributed by atoms with E-state index in [0.29, 0.717) is 0 Å². The lowest BCUT2D eigenvalue weighted by Gasteiger charge is -1.93. The molecule has 0 aliphatic carbocycles. The lowest BCUT2D eigenvalue weighted by Crippen LogP contribution is -1.67. The molecule has 0 unspecified atom stereocenters. The van der Waals surface area contributed by atoms with E-state index in [0.717, 1.165) is 0 Å². The van der Waals surface area contributed by atoms with E-state index >= 15 is 0 Å². The molecule has 0 spiro atoms. The van der Waals surface area contributed by atoms with Crippen molar-refractivity contribution in [3.8, 4) is 10.4 Å². The fourth-order valence-corrected chi connectivity index (χ4v) is 2.01. The molecule has 59 valence electrons. The maximum atomic E-state index is 3.01. The number of rotatable bonds is 1. The Hall–Kier alpha value is -1.08. The van der Waals surface area contributed by atoms with Crippen molar-refractivity contribution in [3.05, 3.63) is 47.3 Å². The summed E-state index contributed by atoms with van der Waals surface area (Å²) in [5.74, 6) is 0. The number of thiophene rings is 1. The van der Waals surface area contributed by atoms with Gasteiger partial charge in [0.15, 0.2) is 0 Å². The molecule has 0 nitrogen and oxygen atoms in total. The third-order valence-electron chi connectivity index (χ3n) is 1.74. The summed E-state index contributed by atoms with van der Waals surface area (Å²) >= 11 is 1.83. The number of aryl methyl sites for hydroxylation is 1. The minimum Gasteiger partial charge on any atom is -0.141 e. The summed E-state index contributed by atoms with van der Waals surface area (Å²) in [7, 11) is 0. The van der Waals surface area contributed by atoms with Gasteiger partial charge in [-0.1, -0.05) is 24.3 Å². The Bertz CT molecular complexity index is 360. The van der Waals surface area contributed by atoms with E-state index in [1.54, 1.807) is 0 Å². The van der Waals surface area contributed by atoms with Gasteiger partial charge in [-0.25, -0.2) is 0 Å². The number of hydrogen-bond acceptors (Lipinski definition) is 1. The van der Waals surface area contributed by atoms with E-state index in [9.17, 15) is 0 Å². The van der Waals surface area contributed by atoms with Crippen molar-refractivity contribution in [2.24, 2.45) is 0 Å². The Morgan fingerprint density at radius 2 is 1.83 bits per heavy atom. The Morgan fingerprint density at radius 3 is 2.42 bits per heavy atom. The molecule has 0 saturated carbocycles. The molecular formula is C11H9S. The summed E-state index contributed by atoms with van der Waals surface area (Å²) in [6.45, 7) is 2.13. The standard InChI is InChI=1S/C11H9S/c1-9-7-8-11(12-9)10-5-3-2-4-6-10/h3-8H,1H3. The molecule has 0 saturated heterocycles. The van der Waals surface area contributed by atoms with Crippen molar-refractivity contribution in [2.45, 2.75) is 6.92 Å². The van der Waals surface area contributed by atoms with Crippen LogP contribution in [0.25, 0.3) is 10.4 Å². The second-order valence-electron chi connectivity index (χ2n) is 2.70. The van der Waals surface area contributed by atoms with E-state index in [-0.39, 0.29) is 0 Å². The van der Waals surface area contributed by atoms with Gasteiger partial charge >= 0.3 is 0 Å². The van der Waals surface area contributed by atoms with Crippen molar-refractivity contribution < 1.29 is 0 Å². The molecular weight excluding hydrogens is 164 g/mol. The lowest BCUT2D eigenvalue weighted by molar-refractivity contribution is 1.64. The van der Waals surface area contributed by atoms with Crippen LogP contribution >= 0.6 is 11.3 Å². The molecule has 0 aliphatic rings. The van der Waals surface area contributed by atoms with E-state index in [1.807, 2.05) is 23.5 Å². The molecule has 2 rings (SSSR count). The molecule has 0 amide bonds. The van der Waals surface area contributed by atoms with Crippen molar-refractivity contribution in [2.75, 3.05) is 0 Å². The van der Waals surface area contributed by atoms with Crippen molar-refractivity contribution >= 4 is 11.3 Å². The Kier molecular flexibility index (Phi) is 1.96. The molecule has 0 aliphatic heterocycles. The van der Waals surface area contributed by atoms with Crippen LogP contribution in [0.2, 0.25) is 0 Å². The zero-order chi connectivity index (χ0) is 8.39. The molecule has 12 heavy (non-hydrogen) atoms. The summed E-state index contributed by atoms with van der Waals surface area (Å²) < 4.78 is 0. The summed E-state index contributed by atoms with van der Waals surface area (Å²) in [6, 6.07) is 15.4. The molecule has 1 radical (unpaired) electrons. The topological polar surface area (TPSA) is 0 Å². The lowest BCUT2D eigenvalue weighted by atomic mass is 10.2. The highest BCUT2D eigenvalue weighted by Gasteiger charge is 1.97. The third kappa shape index (κ3) is 1.41. The number of benzene rings is 1. The van der Waals surface area contributed by atoms with E-state index in [4.69, 9.17) is 0 Å². The molecule has 1 heterocycles. The number of hydrogen-bond donors (Lipinski definition) is 0. The molecule has 0 atom stereocenters. The Labute approximate surface area is 76.5 Å². The Morgan fingerprint density at radius 1 is 1.08 bits per heavy atom. The molecule has 0 N–H and O–H groups in total. The molecule has 1 aromatic carbocycles. The van der Waals surface area contributed by atoms with Crippen LogP contribution in [0.15, 0.2) is 36.4 Å². The maximum absolute atomic E-state index is 3.01. The van der Waals surface area contributed by atoms with Gasteiger partial charge in [-0.2, -0.15) is 0 Å². The third-order valence-corrected chi connectivity index (χ3v) is 2.79. The fourth-order valence-electron chi connectivity index (χ4n) is 1.14. The molecule has 0 fully saturated rings. The van der Waals surface area contributed by atoms with Gasteiger partial charge in [0.05, 0.1) is 0 Å². The van der Waals surface area contributed by atoms with Gasteiger partial charge in [0.2, 0.25) is 0 Å². The first-order valence-corrected chi connectivity index (χ1v) is 4.71. The van der Waals surface area contributed by atoms with Gasteiger partial charge in [0.1, 0.15) is 0 Å². The summed E-state index contributed by atoms with van der Waals surface area (Å²) in [5.41, 5.74) is 1.28. The van der Waals surface area contributed by atoms with Crippen molar-refractivity contribution in [1.29, 1.82) is 0 Å². The minimum absolute atomic E-state index is 1.28. The predicted octanol–water partition coefficient (Wildman–Crippen LogP) is 3.52. The monoisotopic (exact) mass is 173 g/mol. The fraction of sp³-hybridized carbons (Fsp3) is 0.0909. The predicted molar refractivity (Wildman–Crippen MR) is 53.3 cm³/mol. The first-order valence-electron chi connectivity index (χ1n) is 3.89. The highest BCUT2D eigenvalue weighted by Crippen LogP contribution is 2.26. The quantitative estimate of drug-likeness (QED) is 0.619.